The first-order valence-electron chi connectivity index (χ1n) is 8.78. The second-order valence-corrected chi connectivity index (χ2v) is 7.13. The van der Waals surface area contributed by atoms with Gasteiger partial charge in [-0.3, -0.25) is 10.2 Å². The van der Waals surface area contributed by atoms with Crippen LogP contribution in [0.1, 0.15) is 39.2 Å². The van der Waals surface area contributed by atoms with Crippen LogP contribution in [0.15, 0.2) is 30.3 Å². The van der Waals surface area contributed by atoms with Crippen LogP contribution in [0.25, 0.3) is 0 Å². The Morgan fingerprint density at radius 3 is 2.56 bits per heavy atom. The quantitative estimate of drug-likeness (QED) is 0.693. The average molecular weight is 378 g/mol. The van der Waals surface area contributed by atoms with E-state index in [0.29, 0.717) is 19.4 Å². The zero-order valence-electron chi connectivity index (χ0n) is 15.8. The summed E-state index contributed by atoms with van der Waals surface area (Å²) in [4.78, 5) is 36.0. The van der Waals surface area contributed by atoms with E-state index in [9.17, 15) is 14.4 Å². The fourth-order valence-electron chi connectivity index (χ4n) is 2.41. The van der Waals surface area contributed by atoms with Gasteiger partial charge in [0.25, 0.3) is 5.91 Å². The fourth-order valence-corrected chi connectivity index (χ4v) is 2.41. The maximum Gasteiger partial charge on any atom is 0.426 e. The molecule has 27 heavy (non-hydrogen) atoms. The van der Waals surface area contributed by atoms with E-state index in [1.54, 1.807) is 20.8 Å². The Labute approximate surface area is 158 Å². The summed E-state index contributed by atoms with van der Waals surface area (Å²) in [5.74, 6) is -0.471. The third-order valence-electron chi connectivity index (χ3n) is 3.61. The first kappa shape index (κ1) is 20.5. The molecular weight excluding hydrogens is 352 g/mol. The molecule has 9 heteroatoms. The van der Waals surface area contributed by atoms with Gasteiger partial charge in [0.05, 0.1) is 0 Å². The Hall–Kier alpha value is -2.81. The van der Waals surface area contributed by atoms with Gasteiger partial charge >= 0.3 is 12.2 Å². The van der Waals surface area contributed by atoms with Crippen molar-refractivity contribution in [3.8, 4) is 0 Å². The van der Waals surface area contributed by atoms with Gasteiger partial charge in [0.2, 0.25) is 0 Å². The van der Waals surface area contributed by atoms with Crippen LogP contribution < -0.4 is 16.3 Å². The van der Waals surface area contributed by atoms with Crippen LogP contribution in [-0.4, -0.2) is 41.3 Å². The van der Waals surface area contributed by atoms with Crippen molar-refractivity contribution in [2.24, 2.45) is 0 Å². The molecule has 1 saturated heterocycles. The summed E-state index contributed by atoms with van der Waals surface area (Å²) in [5.41, 5.74) is 7.50. The predicted molar refractivity (Wildman–Crippen MR) is 97.0 cm³/mol. The molecule has 3 N–H and O–H groups in total. The number of carbonyl (C=O) groups is 3. The Kier molecular flexibility index (Phi) is 7.00. The Balaban J connectivity index is 1.77. The molecule has 1 aromatic rings. The summed E-state index contributed by atoms with van der Waals surface area (Å²) >= 11 is 0. The van der Waals surface area contributed by atoms with E-state index < -0.39 is 29.7 Å². The molecule has 1 aromatic carbocycles. The zero-order valence-corrected chi connectivity index (χ0v) is 15.8. The van der Waals surface area contributed by atoms with Crippen molar-refractivity contribution in [2.75, 3.05) is 6.54 Å². The van der Waals surface area contributed by atoms with Gasteiger partial charge in [-0.25, -0.2) is 25.4 Å². The summed E-state index contributed by atoms with van der Waals surface area (Å²) in [6, 6.07) is 8.65. The topological polar surface area (TPSA) is 109 Å². The van der Waals surface area contributed by atoms with E-state index in [4.69, 9.17) is 9.47 Å². The Bertz CT molecular complexity index is 659. The highest BCUT2D eigenvalue weighted by atomic mass is 16.6. The molecule has 0 bridgehead atoms. The minimum Gasteiger partial charge on any atom is -0.444 e. The number of benzene rings is 1. The van der Waals surface area contributed by atoms with Crippen LogP contribution in [0.5, 0.6) is 0 Å². The molecule has 148 valence electrons. The lowest BCUT2D eigenvalue weighted by Gasteiger charge is -2.32. The van der Waals surface area contributed by atoms with Crippen molar-refractivity contribution >= 4 is 18.1 Å². The molecule has 0 aromatic heterocycles. The number of hydrogen-bond acceptors (Lipinski definition) is 6. The third-order valence-corrected chi connectivity index (χ3v) is 3.61. The van der Waals surface area contributed by atoms with Gasteiger partial charge in [-0.1, -0.05) is 30.3 Å². The molecule has 1 fully saturated rings. The van der Waals surface area contributed by atoms with Crippen molar-refractivity contribution in [2.45, 2.75) is 51.9 Å². The summed E-state index contributed by atoms with van der Waals surface area (Å²) in [6.45, 7) is 5.73. The molecule has 1 heterocycles. The van der Waals surface area contributed by atoms with Crippen molar-refractivity contribution in [1.29, 1.82) is 0 Å². The Morgan fingerprint density at radius 2 is 1.89 bits per heavy atom. The van der Waals surface area contributed by atoms with Crippen molar-refractivity contribution in [3.63, 3.8) is 0 Å². The lowest BCUT2D eigenvalue weighted by molar-refractivity contribution is -0.126. The van der Waals surface area contributed by atoms with Gasteiger partial charge in [0.1, 0.15) is 18.2 Å². The lowest BCUT2D eigenvalue weighted by Crippen LogP contribution is -2.59. The van der Waals surface area contributed by atoms with Gasteiger partial charge in [-0.15, -0.1) is 0 Å². The maximum absolute atomic E-state index is 12.2. The maximum atomic E-state index is 12.2. The van der Waals surface area contributed by atoms with E-state index in [1.165, 1.54) is 5.01 Å². The van der Waals surface area contributed by atoms with Crippen LogP contribution in [0, 0.1) is 0 Å². The number of nitrogens with one attached hydrogen (secondary N) is 3. The molecule has 1 atom stereocenters. The van der Waals surface area contributed by atoms with Crippen LogP contribution in [0.2, 0.25) is 0 Å². The summed E-state index contributed by atoms with van der Waals surface area (Å²) in [7, 11) is 0. The van der Waals surface area contributed by atoms with Crippen LogP contribution in [-0.2, 0) is 20.9 Å². The van der Waals surface area contributed by atoms with Crippen LogP contribution in [0.3, 0.4) is 0 Å². The van der Waals surface area contributed by atoms with Crippen molar-refractivity contribution in [3.05, 3.63) is 35.9 Å². The van der Waals surface area contributed by atoms with Crippen LogP contribution >= 0.6 is 0 Å². The van der Waals surface area contributed by atoms with Gasteiger partial charge in [-0.2, -0.15) is 0 Å². The van der Waals surface area contributed by atoms with Gasteiger partial charge in [0.15, 0.2) is 0 Å². The van der Waals surface area contributed by atoms with Crippen molar-refractivity contribution < 1.29 is 23.9 Å². The molecule has 1 aliphatic heterocycles. The largest absolute Gasteiger partial charge is 0.444 e. The van der Waals surface area contributed by atoms with E-state index >= 15 is 0 Å². The summed E-state index contributed by atoms with van der Waals surface area (Å²) in [5, 5.41) is 1.27. The van der Waals surface area contributed by atoms with Crippen molar-refractivity contribution in [1.82, 2.24) is 21.3 Å². The number of ether oxygens (including phenoxy) is 2. The number of amides is 3. The predicted octanol–water partition coefficient (Wildman–Crippen LogP) is 1.85. The molecule has 0 radical (unpaired) electrons. The second kappa shape index (κ2) is 9.22. The molecule has 0 unspecified atom stereocenters. The molecule has 0 saturated carbocycles. The van der Waals surface area contributed by atoms with Gasteiger partial charge in [-0.05, 0) is 39.2 Å². The third kappa shape index (κ3) is 7.14. The zero-order chi connectivity index (χ0) is 19.9. The smallest absolute Gasteiger partial charge is 0.426 e. The molecule has 0 spiro atoms. The van der Waals surface area contributed by atoms with Gasteiger partial charge in [0, 0.05) is 6.54 Å². The number of hydrogen-bond donors (Lipinski definition) is 3. The summed E-state index contributed by atoms with van der Waals surface area (Å²) in [6.07, 6.45) is -0.176. The normalized spacial score (nSPS) is 17.0. The van der Waals surface area contributed by atoms with E-state index in [-0.39, 0.29) is 6.61 Å². The van der Waals surface area contributed by atoms with E-state index in [1.807, 2.05) is 30.3 Å². The van der Waals surface area contributed by atoms with Crippen LogP contribution in [0.4, 0.5) is 9.59 Å². The molecule has 0 aliphatic carbocycles. The Morgan fingerprint density at radius 1 is 1.19 bits per heavy atom. The second-order valence-electron chi connectivity index (χ2n) is 7.13. The monoisotopic (exact) mass is 378 g/mol. The molecule has 3 amide bonds. The standard InChI is InChI=1S/C18H26N4O5/c1-18(2,3)27-16(24)20-19-15(23)14-10-7-11-22(21-14)17(25)26-12-13-8-5-4-6-9-13/h4-6,8-9,14,21H,7,10-12H2,1-3H3,(H,19,23)(H,20,24)/t14-/m0/s1. The minimum absolute atomic E-state index is 0.148. The number of rotatable bonds is 3. The highest BCUT2D eigenvalue weighted by molar-refractivity contribution is 5.84. The highest BCUT2D eigenvalue weighted by Gasteiger charge is 2.29. The van der Waals surface area contributed by atoms with E-state index in [0.717, 1.165) is 5.56 Å². The molecule has 2 rings (SSSR count). The first-order chi connectivity index (χ1) is 12.7. The minimum atomic E-state index is -0.759. The highest BCUT2D eigenvalue weighted by Crippen LogP contribution is 2.10. The summed E-state index contributed by atoms with van der Waals surface area (Å²) < 4.78 is 10.3. The number of hydrazine groups is 2. The molecule has 1 aliphatic rings. The molecular formula is C18H26N4O5. The van der Waals surface area contributed by atoms with E-state index in [2.05, 4.69) is 16.3 Å². The molecule has 9 nitrogen and oxygen atoms in total. The first-order valence-corrected chi connectivity index (χ1v) is 8.78. The fraction of sp³-hybridized carbons (Fsp3) is 0.500. The number of nitrogens with zero attached hydrogens (tertiary/aromatic N) is 1. The lowest BCUT2D eigenvalue weighted by atomic mass is 10.1. The number of carbonyl (C=O) groups excluding carboxylic acids is 3. The SMILES string of the molecule is CC(C)(C)OC(=O)NNC(=O)[C@@H]1CCCN(C(=O)OCc2ccccc2)N1. The van der Waals surface area contributed by atoms with Gasteiger partial charge < -0.3 is 9.47 Å². The average Bonchev–Trinajstić information content (AvgIpc) is 2.63.